The highest BCUT2D eigenvalue weighted by molar-refractivity contribution is 6.42. The smallest absolute Gasteiger partial charge is 0.265 e. The van der Waals surface area contributed by atoms with Gasteiger partial charge in [0.2, 0.25) is 0 Å². The average molecular weight is 374 g/mol. The van der Waals surface area contributed by atoms with E-state index in [1.807, 2.05) is 49.4 Å². The molecule has 3 aromatic carbocycles. The second-order valence-corrected chi connectivity index (χ2v) is 6.42. The number of benzene rings is 3. The molecule has 0 saturated carbocycles. The molecular formula is C20H17Cl2NO2. The number of ether oxygens (including phenoxy) is 1. The molecule has 0 aliphatic heterocycles. The Morgan fingerprint density at radius 1 is 1.04 bits per heavy atom. The molecule has 3 rings (SSSR count). The van der Waals surface area contributed by atoms with Crippen LogP contribution in [0.4, 0.5) is 5.69 Å². The molecule has 25 heavy (non-hydrogen) atoms. The van der Waals surface area contributed by atoms with E-state index >= 15 is 0 Å². The maximum atomic E-state index is 12.6. The van der Waals surface area contributed by atoms with Crippen LogP contribution in [0.1, 0.15) is 13.3 Å². The molecule has 1 amide bonds. The van der Waals surface area contributed by atoms with E-state index in [1.54, 1.807) is 18.2 Å². The molecule has 0 saturated heterocycles. The first-order chi connectivity index (χ1) is 12.1. The Labute approximate surface area is 156 Å². The predicted molar refractivity (Wildman–Crippen MR) is 104 cm³/mol. The standard InChI is InChI=1S/C20H17Cl2NO2/c1-2-18(20(24)23-14-10-11-16(21)17(22)12-14)25-19-9-5-7-13-6-3-4-8-15(13)19/h3-12,18H,2H2,1H3,(H,23,24)/t18-/m1/s1. The van der Waals surface area contributed by atoms with E-state index < -0.39 is 6.10 Å². The summed E-state index contributed by atoms with van der Waals surface area (Å²) < 4.78 is 5.99. The number of nitrogens with one attached hydrogen (secondary N) is 1. The number of carbonyl (C=O) groups excluding carboxylic acids is 1. The highest BCUT2D eigenvalue weighted by Crippen LogP contribution is 2.28. The Balaban J connectivity index is 1.79. The van der Waals surface area contributed by atoms with Crippen LogP contribution in [0.5, 0.6) is 5.75 Å². The summed E-state index contributed by atoms with van der Waals surface area (Å²) in [6.07, 6.45) is -0.0728. The Hall–Kier alpha value is -2.23. The third-order valence-electron chi connectivity index (χ3n) is 3.87. The lowest BCUT2D eigenvalue weighted by atomic mass is 10.1. The van der Waals surface area contributed by atoms with Gasteiger partial charge in [-0.2, -0.15) is 0 Å². The lowest BCUT2D eigenvalue weighted by Gasteiger charge is -2.18. The molecule has 128 valence electrons. The molecule has 0 spiro atoms. The van der Waals surface area contributed by atoms with Crippen LogP contribution in [0.25, 0.3) is 10.8 Å². The molecule has 5 heteroatoms. The first-order valence-electron chi connectivity index (χ1n) is 7.99. The second kappa shape index (κ2) is 7.77. The van der Waals surface area contributed by atoms with E-state index in [-0.39, 0.29) is 5.91 Å². The molecule has 0 aliphatic carbocycles. The van der Waals surface area contributed by atoms with Gasteiger partial charge in [0.15, 0.2) is 6.10 Å². The van der Waals surface area contributed by atoms with E-state index in [0.717, 1.165) is 10.8 Å². The van der Waals surface area contributed by atoms with Crippen molar-refractivity contribution in [3.8, 4) is 5.75 Å². The van der Waals surface area contributed by atoms with E-state index in [2.05, 4.69) is 5.32 Å². The van der Waals surface area contributed by atoms with E-state index in [1.165, 1.54) is 0 Å². The largest absolute Gasteiger partial charge is 0.480 e. The number of anilines is 1. The van der Waals surface area contributed by atoms with Crippen molar-refractivity contribution in [1.29, 1.82) is 0 Å². The molecule has 0 aliphatic rings. The molecule has 3 nitrogen and oxygen atoms in total. The van der Waals surface area contributed by atoms with Gasteiger partial charge >= 0.3 is 0 Å². The molecular weight excluding hydrogens is 357 g/mol. The lowest BCUT2D eigenvalue weighted by molar-refractivity contribution is -0.122. The van der Waals surface area contributed by atoms with Gasteiger partial charge in [-0.3, -0.25) is 4.79 Å². The van der Waals surface area contributed by atoms with Crippen molar-refractivity contribution < 1.29 is 9.53 Å². The Morgan fingerprint density at radius 3 is 2.56 bits per heavy atom. The molecule has 0 unspecified atom stereocenters. The van der Waals surface area contributed by atoms with Crippen LogP contribution in [0.15, 0.2) is 60.7 Å². The molecule has 0 bridgehead atoms. The number of amides is 1. The van der Waals surface area contributed by atoms with E-state index in [0.29, 0.717) is 27.9 Å². The van der Waals surface area contributed by atoms with E-state index in [4.69, 9.17) is 27.9 Å². The molecule has 0 radical (unpaired) electrons. The summed E-state index contributed by atoms with van der Waals surface area (Å²) in [7, 11) is 0. The van der Waals surface area contributed by atoms with Gasteiger partial charge in [-0.1, -0.05) is 66.5 Å². The van der Waals surface area contributed by atoms with Gasteiger partial charge in [0.1, 0.15) is 5.75 Å². The first-order valence-corrected chi connectivity index (χ1v) is 8.74. The number of fused-ring (bicyclic) bond motifs is 1. The monoisotopic (exact) mass is 373 g/mol. The number of carbonyl (C=O) groups is 1. The van der Waals surface area contributed by atoms with Crippen LogP contribution in [-0.2, 0) is 4.79 Å². The fraction of sp³-hybridized carbons (Fsp3) is 0.150. The highest BCUT2D eigenvalue weighted by atomic mass is 35.5. The van der Waals surface area contributed by atoms with Crippen LogP contribution >= 0.6 is 23.2 Å². The number of rotatable bonds is 5. The van der Waals surface area contributed by atoms with Crippen molar-refractivity contribution in [2.45, 2.75) is 19.4 Å². The first kappa shape index (κ1) is 17.6. The van der Waals surface area contributed by atoms with Crippen LogP contribution in [0, 0.1) is 0 Å². The summed E-state index contributed by atoms with van der Waals surface area (Å²) in [4.78, 5) is 12.6. The van der Waals surface area contributed by atoms with Gasteiger partial charge < -0.3 is 10.1 Å². The minimum atomic E-state index is -0.611. The molecule has 3 aromatic rings. The third kappa shape index (κ3) is 4.06. The summed E-state index contributed by atoms with van der Waals surface area (Å²) >= 11 is 11.9. The summed E-state index contributed by atoms with van der Waals surface area (Å²) in [6, 6.07) is 18.7. The zero-order chi connectivity index (χ0) is 17.8. The molecule has 1 N–H and O–H groups in total. The molecule has 0 aromatic heterocycles. The van der Waals surface area contributed by atoms with Crippen LogP contribution in [0.2, 0.25) is 10.0 Å². The minimum Gasteiger partial charge on any atom is -0.480 e. The fourth-order valence-electron chi connectivity index (χ4n) is 2.57. The Morgan fingerprint density at radius 2 is 1.80 bits per heavy atom. The van der Waals surface area contributed by atoms with Crippen molar-refractivity contribution in [2.24, 2.45) is 0 Å². The van der Waals surface area contributed by atoms with Crippen LogP contribution in [-0.4, -0.2) is 12.0 Å². The third-order valence-corrected chi connectivity index (χ3v) is 4.61. The van der Waals surface area contributed by atoms with Crippen LogP contribution in [0.3, 0.4) is 0 Å². The van der Waals surface area contributed by atoms with E-state index in [9.17, 15) is 4.79 Å². The zero-order valence-electron chi connectivity index (χ0n) is 13.6. The topological polar surface area (TPSA) is 38.3 Å². The fourth-order valence-corrected chi connectivity index (χ4v) is 2.87. The molecule has 0 heterocycles. The highest BCUT2D eigenvalue weighted by Gasteiger charge is 2.19. The summed E-state index contributed by atoms with van der Waals surface area (Å²) in [5.41, 5.74) is 0.583. The molecule has 0 fully saturated rings. The number of hydrogen-bond acceptors (Lipinski definition) is 2. The van der Waals surface area contributed by atoms with Gasteiger partial charge in [0, 0.05) is 11.1 Å². The SMILES string of the molecule is CC[C@@H](Oc1cccc2ccccc12)C(=O)Nc1ccc(Cl)c(Cl)c1. The zero-order valence-corrected chi connectivity index (χ0v) is 15.1. The van der Waals surface area contributed by atoms with Crippen molar-refractivity contribution >= 4 is 45.6 Å². The molecule has 1 atom stereocenters. The average Bonchev–Trinajstić information content (AvgIpc) is 2.62. The quantitative estimate of drug-likeness (QED) is 0.600. The number of halogens is 2. The van der Waals surface area contributed by atoms with Gasteiger partial charge in [-0.05, 0) is 36.1 Å². The van der Waals surface area contributed by atoms with Crippen molar-refractivity contribution in [1.82, 2.24) is 0 Å². The Kier molecular flexibility index (Phi) is 5.47. The minimum absolute atomic E-state index is 0.228. The van der Waals surface area contributed by atoms with Gasteiger partial charge in [-0.25, -0.2) is 0 Å². The predicted octanol–water partition coefficient (Wildman–Crippen LogP) is 5.94. The maximum absolute atomic E-state index is 12.6. The van der Waals surface area contributed by atoms with Crippen LogP contribution < -0.4 is 10.1 Å². The van der Waals surface area contributed by atoms with Gasteiger partial charge in [-0.15, -0.1) is 0 Å². The van der Waals surface area contributed by atoms with Crippen molar-refractivity contribution in [3.63, 3.8) is 0 Å². The van der Waals surface area contributed by atoms with Crippen molar-refractivity contribution in [3.05, 3.63) is 70.7 Å². The summed E-state index contributed by atoms with van der Waals surface area (Å²) in [6.45, 7) is 1.91. The van der Waals surface area contributed by atoms with Crippen molar-refractivity contribution in [2.75, 3.05) is 5.32 Å². The Bertz CT molecular complexity index is 906. The summed E-state index contributed by atoms with van der Waals surface area (Å²) in [5.74, 6) is 0.461. The number of hydrogen-bond donors (Lipinski definition) is 1. The second-order valence-electron chi connectivity index (χ2n) is 5.61. The summed E-state index contributed by atoms with van der Waals surface area (Å²) in [5, 5.41) is 5.70. The normalized spacial score (nSPS) is 12.0. The van der Waals surface area contributed by atoms with Gasteiger partial charge in [0.25, 0.3) is 5.91 Å². The lowest BCUT2D eigenvalue weighted by Crippen LogP contribution is -2.32. The van der Waals surface area contributed by atoms with Gasteiger partial charge in [0.05, 0.1) is 10.0 Å². The maximum Gasteiger partial charge on any atom is 0.265 e.